The zero-order valence-electron chi connectivity index (χ0n) is 10.8. The first kappa shape index (κ1) is 15.4. The number of esters is 1. The van der Waals surface area contributed by atoms with Crippen LogP contribution in [0.5, 0.6) is 0 Å². The van der Waals surface area contributed by atoms with Gasteiger partial charge in [0, 0.05) is 11.3 Å². The van der Waals surface area contributed by atoms with Crippen LogP contribution in [0.15, 0.2) is 24.3 Å². The normalized spacial score (nSPS) is 11.3. The number of aliphatic hydroxyl groups excluding tert-OH is 1. The Kier molecular flexibility index (Phi) is 5.48. The molecule has 0 aliphatic heterocycles. The number of benzene rings is 1. The Balaban J connectivity index is 2.55. The third-order valence-corrected chi connectivity index (χ3v) is 2.34. The highest BCUT2D eigenvalue weighted by molar-refractivity contribution is 5.95. The van der Waals surface area contributed by atoms with E-state index in [0.29, 0.717) is 11.3 Å². The standard InChI is InChI=1S/C12H15N3O5/c1-20-11(18)9(16)6-14-10(17)7-2-4-8(5-3-7)15-12(13)19/h2-5,9,16H,6H2,1H3,(H,14,17)(H3,13,15,19). The molecular formula is C12H15N3O5. The minimum atomic E-state index is -1.42. The van der Waals surface area contributed by atoms with E-state index in [4.69, 9.17) is 5.73 Å². The maximum Gasteiger partial charge on any atom is 0.336 e. The van der Waals surface area contributed by atoms with Crippen molar-refractivity contribution in [2.24, 2.45) is 5.73 Å². The lowest BCUT2D eigenvalue weighted by Crippen LogP contribution is -2.37. The van der Waals surface area contributed by atoms with E-state index in [9.17, 15) is 19.5 Å². The molecule has 1 aromatic rings. The molecule has 0 aromatic heterocycles. The number of hydrogen-bond acceptors (Lipinski definition) is 5. The van der Waals surface area contributed by atoms with Crippen molar-refractivity contribution in [2.75, 3.05) is 19.0 Å². The second-order valence-corrected chi connectivity index (χ2v) is 3.82. The number of nitrogens with one attached hydrogen (secondary N) is 2. The van der Waals surface area contributed by atoms with Crippen molar-refractivity contribution < 1.29 is 24.2 Å². The van der Waals surface area contributed by atoms with Crippen LogP contribution in [0.25, 0.3) is 0 Å². The number of carbonyl (C=O) groups excluding carboxylic acids is 3. The molecule has 0 bridgehead atoms. The van der Waals surface area contributed by atoms with Gasteiger partial charge in [0.05, 0.1) is 13.7 Å². The summed E-state index contributed by atoms with van der Waals surface area (Å²) in [6.07, 6.45) is -1.42. The monoisotopic (exact) mass is 281 g/mol. The average molecular weight is 281 g/mol. The van der Waals surface area contributed by atoms with E-state index in [1.54, 1.807) is 0 Å². The lowest BCUT2D eigenvalue weighted by Gasteiger charge is -2.10. The van der Waals surface area contributed by atoms with Gasteiger partial charge in [0.15, 0.2) is 6.10 Å². The van der Waals surface area contributed by atoms with Crippen LogP contribution in [-0.2, 0) is 9.53 Å². The Morgan fingerprint density at radius 2 is 1.90 bits per heavy atom. The fraction of sp³-hybridized carbons (Fsp3) is 0.250. The molecule has 0 aliphatic rings. The molecule has 1 rings (SSSR count). The Bertz CT molecular complexity index is 500. The number of nitrogens with two attached hydrogens (primary N) is 1. The first-order chi connectivity index (χ1) is 9.43. The summed E-state index contributed by atoms with van der Waals surface area (Å²) >= 11 is 0. The van der Waals surface area contributed by atoms with E-state index >= 15 is 0 Å². The van der Waals surface area contributed by atoms with Gasteiger partial charge in [-0.25, -0.2) is 9.59 Å². The molecular weight excluding hydrogens is 266 g/mol. The maximum absolute atomic E-state index is 11.7. The Labute approximate surface area is 114 Å². The summed E-state index contributed by atoms with van der Waals surface area (Å²) in [7, 11) is 1.14. The molecule has 0 fully saturated rings. The van der Waals surface area contributed by atoms with E-state index in [0.717, 1.165) is 7.11 Å². The van der Waals surface area contributed by atoms with Crippen LogP contribution in [0.4, 0.5) is 10.5 Å². The SMILES string of the molecule is COC(=O)C(O)CNC(=O)c1ccc(NC(N)=O)cc1. The zero-order valence-corrected chi connectivity index (χ0v) is 10.8. The molecule has 108 valence electrons. The Morgan fingerprint density at radius 1 is 1.30 bits per heavy atom. The number of rotatable bonds is 5. The summed E-state index contributed by atoms with van der Waals surface area (Å²) < 4.78 is 4.31. The molecule has 8 nitrogen and oxygen atoms in total. The van der Waals surface area contributed by atoms with Crippen LogP contribution in [0.3, 0.4) is 0 Å². The van der Waals surface area contributed by atoms with Crippen LogP contribution in [0.2, 0.25) is 0 Å². The van der Waals surface area contributed by atoms with Crippen molar-refractivity contribution in [3.63, 3.8) is 0 Å². The predicted molar refractivity (Wildman–Crippen MR) is 70.0 cm³/mol. The number of primary amides is 1. The number of carbonyl (C=O) groups is 3. The number of anilines is 1. The molecule has 1 aromatic carbocycles. The summed E-state index contributed by atoms with van der Waals surface area (Å²) in [4.78, 5) is 33.3. The lowest BCUT2D eigenvalue weighted by atomic mass is 10.2. The third-order valence-electron chi connectivity index (χ3n) is 2.34. The van der Waals surface area contributed by atoms with Gasteiger partial charge in [0.25, 0.3) is 5.91 Å². The predicted octanol–water partition coefficient (Wildman–Crippen LogP) is -0.559. The molecule has 0 heterocycles. The van der Waals surface area contributed by atoms with E-state index in [1.807, 2.05) is 0 Å². The van der Waals surface area contributed by atoms with E-state index in [-0.39, 0.29) is 6.54 Å². The minimum absolute atomic E-state index is 0.257. The first-order valence-electron chi connectivity index (χ1n) is 5.64. The molecule has 20 heavy (non-hydrogen) atoms. The van der Waals surface area contributed by atoms with Crippen molar-refractivity contribution in [3.05, 3.63) is 29.8 Å². The molecule has 0 saturated carbocycles. The van der Waals surface area contributed by atoms with E-state index < -0.39 is 24.0 Å². The van der Waals surface area contributed by atoms with Crippen molar-refractivity contribution >= 4 is 23.6 Å². The topological polar surface area (TPSA) is 131 Å². The molecule has 0 saturated heterocycles. The summed E-state index contributed by atoms with van der Waals surface area (Å²) in [5.41, 5.74) is 5.69. The maximum atomic E-state index is 11.7. The average Bonchev–Trinajstić information content (AvgIpc) is 2.43. The van der Waals surface area contributed by atoms with Gasteiger partial charge in [-0.2, -0.15) is 0 Å². The Morgan fingerprint density at radius 3 is 2.40 bits per heavy atom. The highest BCUT2D eigenvalue weighted by atomic mass is 16.5. The van der Waals surface area contributed by atoms with Gasteiger partial charge < -0.3 is 26.2 Å². The second-order valence-electron chi connectivity index (χ2n) is 3.82. The van der Waals surface area contributed by atoms with Crippen LogP contribution in [0.1, 0.15) is 10.4 Å². The summed E-state index contributed by atoms with van der Waals surface area (Å²) in [5, 5.41) is 14.0. The number of hydrogen-bond donors (Lipinski definition) is 4. The fourth-order valence-electron chi connectivity index (χ4n) is 1.36. The quantitative estimate of drug-likeness (QED) is 0.537. The van der Waals surface area contributed by atoms with Gasteiger partial charge in [-0.05, 0) is 24.3 Å². The smallest absolute Gasteiger partial charge is 0.336 e. The highest BCUT2D eigenvalue weighted by Gasteiger charge is 2.16. The largest absolute Gasteiger partial charge is 0.467 e. The summed E-state index contributed by atoms with van der Waals surface area (Å²) in [6.45, 7) is -0.257. The van der Waals surface area contributed by atoms with E-state index in [2.05, 4.69) is 15.4 Å². The molecule has 1 atom stereocenters. The van der Waals surface area contributed by atoms with Crippen LogP contribution in [-0.4, -0.2) is 42.8 Å². The van der Waals surface area contributed by atoms with Crippen molar-refractivity contribution in [1.29, 1.82) is 0 Å². The van der Waals surface area contributed by atoms with Crippen molar-refractivity contribution in [3.8, 4) is 0 Å². The molecule has 0 aliphatic carbocycles. The van der Waals surface area contributed by atoms with Crippen LogP contribution >= 0.6 is 0 Å². The number of urea groups is 1. The van der Waals surface area contributed by atoms with Gasteiger partial charge in [0.1, 0.15) is 0 Å². The molecule has 0 spiro atoms. The number of aliphatic hydroxyl groups is 1. The molecule has 8 heteroatoms. The number of ether oxygens (including phenoxy) is 1. The van der Waals surface area contributed by atoms with Gasteiger partial charge >= 0.3 is 12.0 Å². The third kappa shape index (κ3) is 4.58. The fourth-order valence-corrected chi connectivity index (χ4v) is 1.36. The molecule has 3 amide bonds. The van der Waals surface area contributed by atoms with Crippen LogP contribution in [0, 0.1) is 0 Å². The van der Waals surface area contributed by atoms with Crippen molar-refractivity contribution in [2.45, 2.75) is 6.10 Å². The van der Waals surface area contributed by atoms with Gasteiger partial charge in [-0.3, -0.25) is 4.79 Å². The minimum Gasteiger partial charge on any atom is -0.467 e. The highest BCUT2D eigenvalue weighted by Crippen LogP contribution is 2.09. The first-order valence-corrected chi connectivity index (χ1v) is 5.64. The Hall–Kier alpha value is -2.61. The summed E-state index contributed by atoms with van der Waals surface area (Å²) in [5.74, 6) is -1.30. The van der Waals surface area contributed by atoms with E-state index in [1.165, 1.54) is 24.3 Å². The number of methoxy groups -OCH3 is 1. The summed E-state index contributed by atoms with van der Waals surface area (Å²) in [6, 6.07) is 5.21. The van der Waals surface area contributed by atoms with Crippen LogP contribution < -0.4 is 16.4 Å². The lowest BCUT2D eigenvalue weighted by molar-refractivity contribution is -0.149. The van der Waals surface area contributed by atoms with Gasteiger partial charge in [-0.15, -0.1) is 0 Å². The van der Waals surface area contributed by atoms with Crippen molar-refractivity contribution in [1.82, 2.24) is 5.32 Å². The zero-order chi connectivity index (χ0) is 15.1. The second kappa shape index (κ2) is 7.10. The van der Waals surface area contributed by atoms with Gasteiger partial charge in [0.2, 0.25) is 0 Å². The molecule has 0 radical (unpaired) electrons. The van der Waals surface area contributed by atoms with Gasteiger partial charge in [-0.1, -0.05) is 0 Å². The molecule has 1 unspecified atom stereocenters. The molecule has 5 N–H and O–H groups in total. The number of amides is 3.